The van der Waals surface area contributed by atoms with Crippen LogP contribution in [0.1, 0.15) is 10.4 Å². The standard InChI is InChI=1S/C17H13N3O3S/c1-24-11-7-8-16(20(22)23)13(10-11)17(21)19-15-6-2-5-14-12(15)4-3-9-18-14/h2-10H,1H3,(H,19,21). The van der Waals surface area contributed by atoms with Crippen molar-refractivity contribution < 1.29 is 9.72 Å². The maximum Gasteiger partial charge on any atom is 0.282 e. The first kappa shape index (κ1) is 15.9. The molecule has 0 fully saturated rings. The number of aromatic nitrogens is 1. The van der Waals surface area contributed by atoms with Gasteiger partial charge >= 0.3 is 0 Å². The summed E-state index contributed by atoms with van der Waals surface area (Å²) in [6.45, 7) is 0. The van der Waals surface area contributed by atoms with E-state index in [-0.39, 0.29) is 11.3 Å². The average molecular weight is 339 g/mol. The second kappa shape index (κ2) is 6.67. The number of nitro benzene ring substituents is 1. The van der Waals surface area contributed by atoms with E-state index in [2.05, 4.69) is 10.3 Å². The fourth-order valence-electron chi connectivity index (χ4n) is 2.39. The van der Waals surface area contributed by atoms with Gasteiger partial charge in [-0.25, -0.2) is 0 Å². The zero-order valence-corrected chi connectivity index (χ0v) is 13.5. The number of anilines is 1. The minimum absolute atomic E-state index is 0.0349. The number of fused-ring (bicyclic) bond motifs is 1. The Morgan fingerprint density at radius 3 is 2.79 bits per heavy atom. The Morgan fingerprint density at radius 1 is 1.21 bits per heavy atom. The topological polar surface area (TPSA) is 85.1 Å². The molecule has 3 rings (SSSR count). The lowest BCUT2D eigenvalue weighted by atomic mass is 10.1. The molecule has 0 saturated carbocycles. The highest BCUT2D eigenvalue weighted by atomic mass is 32.2. The molecule has 0 bridgehead atoms. The average Bonchev–Trinajstić information content (AvgIpc) is 2.61. The van der Waals surface area contributed by atoms with E-state index in [0.29, 0.717) is 5.69 Å². The van der Waals surface area contributed by atoms with Crippen LogP contribution in [0.5, 0.6) is 0 Å². The number of pyridine rings is 1. The van der Waals surface area contributed by atoms with Crippen LogP contribution in [0.2, 0.25) is 0 Å². The van der Waals surface area contributed by atoms with Gasteiger partial charge in [0.15, 0.2) is 0 Å². The van der Waals surface area contributed by atoms with Gasteiger partial charge in [-0.2, -0.15) is 0 Å². The summed E-state index contributed by atoms with van der Waals surface area (Å²) in [4.78, 5) is 28.3. The molecule has 1 heterocycles. The number of nitro groups is 1. The number of thioether (sulfide) groups is 1. The number of rotatable bonds is 4. The van der Waals surface area contributed by atoms with Gasteiger partial charge in [0.05, 0.1) is 16.1 Å². The molecular formula is C17H13N3O3S. The van der Waals surface area contributed by atoms with Crippen molar-refractivity contribution in [2.75, 3.05) is 11.6 Å². The predicted molar refractivity (Wildman–Crippen MR) is 94.6 cm³/mol. The van der Waals surface area contributed by atoms with Crippen LogP contribution >= 0.6 is 11.8 Å². The summed E-state index contributed by atoms with van der Waals surface area (Å²) < 4.78 is 0. The van der Waals surface area contributed by atoms with Crippen LogP contribution in [-0.4, -0.2) is 22.1 Å². The highest BCUT2D eigenvalue weighted by Crippen LogP contribution is 2.27. The molecule has 0 spiro atoms. The third-order valence-electron chi connectivity index (χ3n) is 3.54. The van der Waals surface area contributed by atoms with E-state index >= 15 is 0 Å². The SMILES string of the molecule is CSc1ccc([N+](=O)[O-])c(C(=O)Nc2cccc3ncccc23)c1. The Balaban J connectivity index is 2.02. The fourth-order valence-corrected chi connectivity index (χ4v) is 2.83. The lowest BCUT2D eigenvalue weighted by Crippen LogP contribution is -2.14. The van der Waals surface area contributed by atoms with Gasteiger partial charge in [-0.05, 0) is 42.7 Å². The maximum atomic E-state index is 12.6. The summed E-state index contributed by atoms with van der Waals surface area (Å²) in [6, 6.07) is 13.5. The van der Waals surface area contributed by atoms with Crippen LogP contribution in [-0.2, 0) is 0 Å². The van der Waals surface area contributed by atoms with Gasteiger partial charge in [0.1, 0.15) is 5.56 Å². The highest BCUT2D eigenvalue weighted by molar-refractivity contribution is 7.98. The number of benzene rings is 2. The second-order valence-electron chi connectivity index (χ2n) is 4.97. The number of carbonyl (C=O) groups is 1. The molecule has 0 unspecified atom stereocenters. The number of hydrogen-bond acceptors (Lipinski definition) is 5. The monoisotopic (exact) mass is 339 g/mol. The molecule has 1 amide bonds. The van der Waals surface area contributed by atoms with Gasteiger partial charge in [-0.3, -0.25) is 19.9 Å². The first-order valence-electron chi connectivity index (χ1n) is 7.07. The molecule has 1 aromatic heterocycles. The van der Waals surface area contributed by atoms with E-state index in [1.54, 1.807) is 30.5 Å². The molecule has 3 aromatic rings. The first-order chi connectivity index (χ1) is 11.6. The molecule has 7 heteroatoms. The number of carbonyl (C=O) groups excluding carboxylic acids is 1. The van der Waals surface area contributed by atoms with E-state index in [0.717, 1.165) is 15.8 Å². The van der Waals surface area contributed by atoms with Crippen molar-refractivity contribution in [3.63, 3.8) is 0 Å². The van der Waals surface area contributed by atoms with E-state index in [9.17, 15) is 14.9 Å². The summed E-state index contributed by atoms with van der Waals surface area (Å²) in [5, 5.41) is 14.7. The van der Waals surface area contributed by atoms with Crippen molar-refractivity contribution in [1.29, 1.82) is 0 Å². The van der Waals surface area contributed by atoms with Crippen LogP contribution in [0.4, 0.5) is 11.4 Å². The molecule has 0 aliphatic rings. The van der Waals surface area contributed by atoms with Crippen LogP contribution in [0.3, 0.4) is 0 Å². The summed E-state index contributed by atoms with van der Waals surface area (Å²) in [6.07, 6.45) is 3.51. The fraction of sp³-hybridized carbons (Fsp3) is 0.0588. The summed E-state index contributed by atoms with van der Waals surface area (Å²) in [5.41, 5.74) is 1.12. The Morgan fingerprint density at radius 2 is 2.04 bits per heavy atom. The molecule has 0 aliphatic carbocycles. The molecule has 2 aromatic carbocycles. The molecule has 0 saturated heterocycles. The molecule has 0 aliphatic heterocycles. The smallest absolute Gasteiger partial charge is 0.282 e. The van der Waals surface area contributed by atoms with Crippen molar-refractivity contribution in [1.82, 2.24) is 4.98 Å². The van der Waals surface area contributed by atoms with Crippen molar-refractivity contribution in [2.24, 2.45) is 0 Å². The van der Waals surface area contributed by atoms with E-state index in [1.165, 1.54) is 23.9 Å². The van der Waals surface area contributed by atoms with Crippen molar-refractivity contribution in [3.8, 4) is 0 Å². The van der Waals surface area contributed by atoms with Crippen LogP contribution in [0.15, 0.2) is 59.6 Å². The minimum Gasteiger partial charge on any atom is -0.321 e. The Labute approximate surface area is 142 Å². The predicted octanol–water partition coefficient (Wildman–Crippen LogP) is 4.12. The van der Waals surface area contributed by atoms with Gasteiger partial charge in [-0.15, -0.1) is 11.8 Å². The zero-order valence-electron chi connectivity index (χ0n) is 12.7. The maximum absolute atomic E-state index is 12.6. The quantitative estimate of drug-likeness (QED) is 0.439. The highest BCUT2D eigenvalue weighted by Gasteiger charge is 2.21. The van der Waals surface area contributed by atoms with Crippen LogP contribution in [0, 0.1) is 10.1 Å². The van der Waals surface area contributed by atoms with Gasteiger partial charge in [0, 0.05) is 22.5 Å². The third-order valence-corrected chi connectivity index (χ3v) is 4.26. The molecule has 6 nitrogen and oxygen atoms in total. The molecule has 1 N–H and O–H groups in total. The lowest BCUT2D eigenvalue weighted by Gasteiger charge is -2.09. The van der Waals surface area contributed by atoms with Gasteiger partial charge in [-0.1, -0.05) is 6.07 Å². The molecular weight excluding hydrogens is 326 g/mol. The number of nitrogens with zero attached hydrogens (tertiary/aromatic N) is 2. The van der Waals surface area contributed by atoms with Crippen molar-refractivity contribution >= 4 is 39.9 Å². The summed E-state index contributed by atoms with van der Waals surface area (Å²) in [5.74, 6) is -0.519. The van der Waals surface area contributed by atoms with Crippen molar-refractivity contribution in [2.45, 2.75) is 4.90 Å². The van der Waals surface area contributed by atoms with Crippen molar-refractivity contribution in [3.05, 3.63) is 70.4 Å². The Hall–Kier alpha value is -2.93. The van der Waals surface area contributed by atoms with E-state index < -0.39 is 10.8 Å². The van der Waals surface area contributed by atoms with Gasteiger partial charge < -0.3 is 5.32 Å². The largest absolute Gasteiger partial charge is 0.321 e. The lowest BCUT2D eigenvalue weighted by molar-refractivity contribution is -0.385. The normalized spacial score (nSPS) is 10.5. The molecule has 0 radical (unpaired) electrons. The number of hydrogen-bond donors (Lipinski definition) is 1. The van der Waals surface area contributed by atoms with Gasteiger partial charge in [0.2, 0.25) is 0 Å². The Bertz CT molecular complexity index is 938. The minimum atomic E-state index is -0.552. The van der Waals surface area contributed by atoms with Gasteiger partial charge in [0.25, 0.3) is 11.6 Å². The number of nitrogens with one attached hydrogen (secondary N) is 1. The third kappa shape index (κ3) is 3.07. The summed E-state index contributed by atoms with van der Waals surface area (Å²) >= 11 is 1.42. The Kier molecular flexibility index (Phi) is 4.43. The van der Waals surface area contributed by atoms with Crippen LogP contribution in [0.25, 0.3) is 10.9 Å². The first-order valence-corrected chi connectivity index (χ1v) is 8.30. The second-order valence-corrected chi connectivity index (χ2v) is 5.85. The van der Waals surface area contributed by atoms with E-state index in [4.69, 9.17) is 0 Å². The number of amides is 1. The van der Waals surface area contributed by atoms with Crippen LogP contribution < -0.4 is 5.32 Å². The molecule has 0 atom stereocenters. The van der Waals surface area contributed by atoms with E-state index in [1.807, 2.05) is 18.4 Å². The zero-order chi connectivity index (χ0) is 17.1. The molecule has 120 valence electrons. The molecule has 24 heavy (non-hydrogen) atoms. The summed E-state index contributed by atoms with van der Waals surface area (Å²) in [7, 11) is 0.